The average molecular weight is 283 g/mol. The molecule has 1 amide bonds. The lowest BCUT2D eigenvalue weighted by molar-refractivity contribution is 0.0524. The fourth-order valence-electron chi connectivity index (χ4n) is 1.80. The summed E-state index contributed by atoms with van der Waals surface area (Å²) in [6, 6.07) is 0. The van der Waals surface area contributed by atoms with Crippen LogP contribution in [-0.4, -0.2) is 39.1 Å². The lowest BCUT2D eigenvalue weighted by atomic mass is 10.2. The van der Waals surface area contributed by atoms with Gasteiger partial charge in [0.1, 0.15) is 11.2 Å². The molecule has 7 heteroatoms. The number of carboxylic acid groups (broad SMARTS) is 1. The van der Waals surface area contributed by atoms with Crippen LogP contribution in [0.1, 0.15) is 42.5 Å². The number of nitrogens with zero attached hydrogens (tertiary/aromatic N) is 2. The Morgan fingerprint density at radius 3 is 2.40 bits per heavy atom. The number of ether oxygens (including phenoxy) is 1. The third-order valence-corrected chi connectivity index (χ3v) is 2.59. The zero-order valence-electron chi connectivity index (χ0n) is 12.5. The number of amides is 1. The zero-order chi connectivity index (χ0) is 15.5. The van der Waals surface area contributed by atoms with Crippen LogP contribution >= 0.6 is 0 Å². The number of hydrogen-bond donors (Lipinski definition) is 2. The van der Waals surface area contributed by atoms with Crippen molar-refractivity contribution in [1.29, 1.82) is 0 Å². The van der Waals surface area contributed by atoms with Crippen LogP contribution in [0.3, 0.4) is 0 Å². The lowest BCUT2D eigenvalue weighted by Gasteiger charge is -2.19. The number of aryl methyl sites for hydroxylation is 1. The zero-order valence-corrected chi connectivity index (χ0v) is 12.5. The van der Waals surface area contributed by atoms with Gasteiger partial charge in [0.15, 0.2) is 0 Å². The van der Waals surface area contributed by atoms with Crippen molar-refractivity contribution in [3.05, 3.63) is 17.0 Å². The molecule has 0 aromatic carbocycles. The molecule has 0 aliphatic rings. The molecule has 0 unspecified atom stereocenters. The summed E-state index contributed by atoms with van der Waals surface area (Å²) in [5, 5.41) is 15.8. The minimum Gasteiger partial charge on any atom is -0.478 e. The number of alkyl carbamates (subject to hydrolysis) is 1. The Bertz CT molecular complexity index is 514. The fraction of sp³-hybridized carbons (Fsp3) is 0.615. The number of aromatic carboxylic acids is 1. The smallest absolute Gasteiger partial charge is 0.407 e. The quantitative estimate of drug-likeness (QED) is 0.877. The summed E-state index contributed by atoms with van der Waals surface area (Å²) in [4.78, 5) is 22.5. The second kappa shape index (κ2) is 5.94. The van der Waals surface area contributed by atoms with Crippen molar-refractivity contribution in [2.24, 2.45) is 0 Å². The highest BCUT2D eigenvalue weighted by atomic mass is 16.6. The van der Waals surface area contributed by atoms with Gasteiger partial charge in [-0.1, -0.05) is 0 Å². The molecule has 0 aliphatic heterocycles. The van der Waals surface area contributed by atoms with Crippen LogP contribution in [0.25, 0.3) is 0 Å². The molecule has 112 valence electrons. The molecule has 2 N–H and O–H groups in total. The van der Waals surface area contributed by atoms with E-state index in [2.05, 4.69) is 10.4 Å². The van der Waals surface area contributed by atoms with E-state index in [1.54, 1.807) is 39.3 Å². The number of carboxylic acids is 1. The number of rotatable bonds is 4. The van der Waals surface area contributed by atoms with E-state index >= 15 is 0 Å². The van der Waals surface area contributed by atoms with Gasteiger partial charge in [0, 0.05) is 6.54 Å². The maximum atomic E-state index is 11.5. The van der Waals surface area contributed by atoms with Crippen LogP contribution in [0.2, 0.25) is 0 Å². The molecule has 0 atom stereocenters. The molecule has 0 radical (unpaired) electrons. The number of carbonyl (C=O) groups is 2. The van der Waals surface area contributed by atoms with Gasteiger partial charge < -0.3 is 15.2 Å². The molecular weight excluding hydrogens is 262 g/mol. The van der Waals surface area contributed by atoms with Crippen molar-refractivity contribution >= 4 is 12.1 Å². The van der Waals surface area contributed by atoms with Gasteiger partial charge in [0.25, 0.3) is 0 Å². The molecule has 1 rings (SSSR count). The molecule has 7 nitrogen and oxygen atoms in total. The van der Waals surface area contributed by atoms with Crippen molar-refractivity contribution < 1.29 is 19.4 Å². The van der Waals surface area contributed by atoms with E-state index in [1.165, 1.54) is 0 Å². The molecular formula is C13H21N3O4. The van der Waals surface area contributed by atoms with E-state index in [-0.39, 0.29) is 5.56 Å². The van der Waals surface area contributed by atoms with Gasteiger partial charge in [-0.05, 0) is 34.6 Å². The van der Waals surface area contributed by atoms with Crippen LogP contribution in [0.15, 0.2) is 0 Å². The average Bonchev–Trinajstić information content (AvgIpc) is 2.51. The molecule has 0 fully saturated rings. The minimum absolute atomic E-state index is 0.210. The topological polar surface area (TPSA) is 93.5 Å². The largest absolute Gasteiger partial charge is 0.478 e. The number of carbonyl (C=O) groups excluding carboxylic acids is 1. The van der Waals surface area contributed by atoms with Gasteiger partial charge in [-0.3, -0.25) is 4.68 Å². The molecule has 0 bridgehead atoms. The molecule has 1 aromatic rings. The summed E-state index contributed by atoms with van der Waals surface area (Å²) in [5.74, 6) is -0.994. The van der Waals surface area contributed by atoms with Gasteiger partial charge in [-0.2, -0.15) is 5.10 Å². The summed E-state index contributed by atoms with van der Waals surface area (Å²) < 4.78 is 6.66. The van der Waals surface area contributed by atoms with Gasteiger partial charge in [-0.15, -0.1) is 0 Å². The van der Waals surface area contributed by atoms with Gasteiger partial charge in [0.2, 0.25) is 0 Å². The summed E-state index contributed by atoms with van der Waals surface area (Å²) in [5.41, 5.74) is 0.703. The van der Waals surface area contributed by atoms with Crippen LogP contribution in [0, 0.1) is 13.8 Å². The SMILES string of the molecule is Cc1nn(CCNC(=O)OC(C)(C)C)c(C)c1C(=O)O. The Balaban J connectivity index is 2.57. The van der Waals surface area contributed by atoms with E-state index < -0.39 is 17.7 Å². The third-order valence-electron chi connectivity index (χ3n) is 2.59. The predicted octanol–water partition coefficient (Wildman–Crippen LogP) is 1.72. The predicted molar refractivity (Wildman–Crippen MR) is 72.9 cm³/mol. The second-order valence-corrected chi connectivity index (χ2v) is 5.50. The van der Waals surface area contributed by atoms with E-state index in [4.69, 9.17) is 9.84 Å². The summed E-state index contributed by atoms with van der Waals surface area (Å²) in [6.07, 6.45) is -0.502. The number of aromatic nitrogens is 2. The Labute approximate surface area is 117 Å². The maximum absolute atomic E-state index is 11.5. The van der Waals surface area contributed by atoms with Crippen LogP contribution in [0.5, 0.6) is 0 Å². The molecule has 0 spiro atoms. The normalized spacial score (nSPS) is 11.2. The molecule has 1 aromatic heterocycles. The Morgan fingerprint density at radius 2 is 1.95 bits per heavy atom. The first-order valence-electron chi connectivity index (χ1n) is 6.36. The number of nitrogens with one attached hydrogen (secondary N) is 1. The first-order valence-corrected chi connectivity index (χ1v) is 6.36. The molecule has 0 aliphatic carbocycles. The van der Waals surface area contributed by atoms with Crippen LogP contribution in [-0.2, 0) is 11.3 Å². The van der Waals surface area contributed by atoms with Crippen LogP contribution < -0.4 is 5.32 Å². The molecule has 20 heavy (non-hydrogen) atoms. The first kappa shape index (κ1) is 16.0. The van der Waals surface area contributed by atoms with E-state index in [0.29, 0.717) is 24.5 Å². The highest BCUT2D eigenvalue weighted by molar-refractivity contribution is 5.90. The Hall–Kier alpha value is -2.05. The monoisotopic (exact) mass is 283 g/mol. The van der Waals surface area contributed by atoms with Crippen molar-refractivity contribution in [2.45, 2.75) is 46.8 Å². The van der Waals surface area contributed by atoms with Gasteiger partial charge in [-0.25, -0.2) is 9.59 Å². The van der Waals surface area contributed by atoms with Gasteiger partial charge >= 0.3 is 12.1 Å². The van der Waals surface area contributed by atoms with E-state index in [0.717, 1.165) is 0 Å². The highest BCUT2D eigenvalue weighted by Gasteiger charge is 2.18. The van der Waals surface area contributed by atoms with Crippen molar-refractivity contribution in [1.82, 2.24) is 15.1 Å². The number of hydrogen-bond acceptors (Lipinski definition) is 4. The second-order valence-electron chi connectivity index (χ2n) is 5.50. The summed E-state index contributed by atoms with van der Waals surface area (Å²) in [6.45, 7) is 9.40. The fourth-order valence-corrected chi connectivity index (χ4v) is 1.80. The van der Waals surface area contributed by atoms with E-state index in [1.807, 2.05) is 0 Å². The summed E-state index contributed by atoms with van der Waals surface area (Å²) >= 11 is 0. The van der Waals surface area contributed by atoms with Crippen molar-refractivity contribution in [2.75, 3.05) is 6.54 Å². The van der Waals surface area contributed by atoms with E-state index in [9.17, 15) is 9.59 Å². The third kappa shape index (κ3) is 4.25. The molecule has 1 heterocycles. The van der Waals surface area contributed by atoms with Crippen molar-refractivity contribution in [3.8, 4) is 0 Å². The Morgan fingerprint density at radius 1 is 1.35 bits per heavy atom. The lowest BCUT2D eigenvalue weighted by Crippen LogP contribution is -2.34. The molecule has 0 saturated carbocycles. The minimum atomic E-state index is -0.994. The highest BCUT2D eigenvalue weighted by Crippen LogP contribution is 2.12. The summed E-state index contributed by atoms with van der Waals surface area (Å²) in [7, 11) is 0. The first-order chi connectivity index (χ1) is 9.11. The standard InChI is InChI=1S/C13H21N3O4/c1-8-10(11(17)18)9(2)16(15-8)7-6-14-12(19)20-13(3,4)5/h6-7H2,1-5H3,(H,14,19)(H,17,18). The maximum Gasteiger partial charge on any atom is 0.407 e. The molecule has 0 saturated heterocycles. The van der Waals surface area contributed by atoms with Crippen LogP contribution in [0.4, 0.5) is 4.79 Å². The Kier molecular flexibility index (Phi) is 4.75. The van der Waals surface area contributed by atoms with Crippen molar-refractivity contribution in [3.63, 3.8) is 0 Å². The van der Waals surface area contributed by atoms with Gasteiger partial charge in [0.05, 0.1) is 17.9 Å².